The van der Waals surface area contributed by atoms with Crippen molar-refractivity contribution in [2.45, 2.75) is 26.4 Å². The molecule has 2 heterocycles. The Morgan fingerprint density at radius 3 is 2.90 bits per heavy atom. The second-order valence-electron chi connectivity index (χ2n) is 5.01. The fourth-order valence-corrected chi connectivity index (χ4v) is 2.44. The average Bonchev–Trinajstić information content (AvgIpc) is 3.06. The van der Waals surface area contributed by atoms with E-state index < -0.39 is 17.9 Å². The molecule has 1 aromatic rings. The van der Waals surface area contributed by atoms with Gasteiger partial charge in [0.25, 0.3) is 0 Å². The molecule has 1 aliphatic rings. The molecule has 0 spiro atoms. The minimum absolute atomic E-state index is 0.143. The van der Waals surface area contributed by atoms with Gasteiger partial charge in [0.2, 0.25) is 0 Å². The molecule has 2 atom stereocenters. The van der Waals surface area contributed by atoms with Crippen LogP contribution in [0.25, 0.3) is 0 Å². The first kappa shape index (κ1) is 15.3. The third-order valence-electron chi connectivity index (χ3n) is 3.73. The summed E-state index contributed by atoms with van der Waals surface area (Å²) in [6.45, 7) is 4.86. The zero-order chi connectivity index (χ0) is 15.4. The molecule has 8 heteroatoms. The highest BCUT2D eigenvalue weighted by molar-refractivity contribution is 5.77. The van der Waals surface area contributed by atoms with Crippen molar-refractivity contribution >= 4 is 12.0 Å². The fraction of sp³-hybridized carbons (Fsp3) is 0.615. The maximum absolute atomic E-state index is 12.3. The summed E-state index contributed by atoms with van der Waals surface area (Å²) in [6, 6.07) is -0.724. The number of aryl methyl sites for hydroxylation is 1. The van der Waals surface area contributed by atoms with Gasteiger partial charge in [0.15, 0.2) is 0 Å². The minimum Gasteiger partial charge on any atom is -0.481 e. The number of aromatic nitrogens is 2. The van der Waals surface area contributed by atoms with Gasteiger partial charge >= 0.3 is 12.0 Å². The number of rotatable bonds is 5. The minimum atomic E-state index is -0.936. The molecule has 0 aromatic carbocycles. The molecule has 21 heavy (non-hydrogen) atoms. The van der Waals surface area contributed by atoms with Crippen molar-refractivity contribution in [3.63, 3.8) is 0 Å². The van der Waals surface area contributed by atoms with Crippen LogP contribution in [-0.4, -0.2) is 58.0 Å². The maximum Gasteiger partial charge on any atom is 0.318 e. The molecule has 1 aromatic heterocycles. The Kier molecular flexibility index (Phi) is 4.79. The van der Waals surface area contributed by atoms with Gasteiger partial charge in [-0.2, -0.15) is 5.10 Å². The highest BCUT2D eigenvalue weighted by Crippen LogP contribution is 2.20. The van der Waals surface area contributed by atoms with Crippen LogP contribution in [0.15, 0.2) is 6.20 Å². The number of aromatic amines is 1. The number of carboxylic acid groups (broad SMARTS) is 1. The van der Waals surface area contributed by atoms with Crippen molar-refractivity contribution in [2.24, 2.45) is 5.92 Å². The topological polar surface area (TPSA) is 108 Å². The molecule has 2 amide bonds. The summed E-state index contributed by atoms with van der Waals surface area (Å²) >= 11 is 0. The number of urea groups is 1. The predicted octanol–water partition coefficient (Wildman–Crippen LogP) is 0.349. The largest absolute Gasteiger partial charge is 0.481 e. The monoisotopic (exact) mass is 296 g/mol. The molecule has 1 fully saturated rings. The lowest BCUT2D eigenvalue weighted by atomic mass is 10.0. The van der Waals surface area contributed by atoms with Gasteiger partial charge < -0.3 is 20.1 Å². The van der Waals surface area contributed by atoms with Crippen molar-refractivity contribution in [1.29, 1.82) is 0 Å². The maximum atomic E-state index is 12.3. The lowest BCUT2D eigenvalue weighted by Crippen LogP contribution is -2.50. The van der Waals surface area contributed by atoms with Gasteiger partial charge in [-0.15, -0.1) is 0 Å². The van der Waals surface area contributed by atoms with Crippen LogP contribution in [0.3, 0.4) is 0 Å². The smallest absolute Gasteiger partial charge is 0.318 e. The van der Waals surface area contributed by atoms with E-state index in [4.69, 9.17) is 4.74 Å². The highest BCUT2D eigenvalue weighted by atomic mass is 16.5. The van der Waals surface area contributed by atoms with E-state index in [2.05, 4.69) is 15.5 Å². The molecule has 2 unspecified atom stereocenters. The zero-order valence-electron chi connectivity index (χ0n) is 12.1. The Bertz CT molecular complexity index is 516. The van der Waals surface area contributed by atoms with Crippen LogP contribution in [0.1, 0.15) is 18.2 Å². The number of amides is 2. The number of carboxylic acids is 1. The van der Waals surface area contributed by atoms with Crippen molar-refractivity contribution < 1.29 is 19.4 Å². The second-order valence-corrected chi connectivity index (χ2v) is 5.01. The number of aliphatic carboxylic acids is 1. The molecule has 1 aliphatic heterocycles. The lowest BCUT2D eigenvalue weighted by molar-refractivity contribution is -0.142. The van der Waals surface area contributed by atoms with E-state index in [0.29, 0.717) is 13.1 Å². The third-order valence-corrected chi connectivity index (χ3v) is 3.73. The normalized spacial score (nSPS) is 21.2. The van der Waals surface area contributed by atoms with Crippen LogP contribution in [0, 0.1) is 12.8 Å². The first-order chi connectivity index (χ1) is 10.0. The summed E-state index contributed by atoms with van der Waals surface area (Å²) in [5.41, 5.74) is 1.79. The van der Waals surface area contributed by atoms with Gasteiger partial charge in [-0.25, -0.2) is 4.79 Å². The summed E-state index contributed by atoms with van der Waals surface area (Å²) in [6.07, 6.45) is 1.66. The van der Waals surface area contributed by atoms with Crippen molar-refractivity contribution in [3.8, 4) is 0 Å². The number of carbonyl (C=O) groups is 2. The molecule has 8 nitrogen and oxygen atoms in total. The Balaban J connectivity index is 1.98. The number of hydrogen-bond donors (Lipinski definition) is 3. The second kappa shape index (κ2) is 6.57. The molecule has 0 radical (unpaired) electrons. The van der Waals surface area contributed by atoms with Gasteiger partial charge in [0.1, 0.15) is 5.92 Å². The van der Waals surface area contributed by atoms with Crippen molar-refractivity contribution in [1.82, 2.24) is 20.4 Å². The zero-order valence-corrected chi connectivity index (χ0v) is 12.1. The summed E-state index contributed by atoms with van der Waals surface area (Å²) < 4.78 is 5.22. The summed E-state index contributed by atoms with van der Waals surface area (Å²) in [5.74, 6) is -1.61. The number of likely N-dealkylation sites (N-methyl/N-ethyl adjacent to an activating group) is 1. The van der Waals surface area contributed by atoms with Crippen LogP contribution in [0.2, 0.25) is 0 Å². The number of carbonyl (C=O) groups excluding carboxylic acids is 1. The molecule has 116 valence electrons. The van der Waals surface area contributed by atoms with Gasteiger partial charge in [-0.05, 0) is 13.8 Å². The highest BCUT2D eigenvalue weighted by Gasteiger charge is 2.39. The standard InChI is InChI=1S/C13H20N4O4/c1-3-17(11-7-21-6-10(11)12(18)19)13(20)14-4-9-5-15-16-8(9)2/h5,10-11H,3-4,6-7H2,1-2H3,(H,14,20)(H,15,16)(H,18,19). The lowest BCUT2D eigenvalue weighted by Gasteiger charge is -2.29. The fourth-order valence-electron chi connectivity index (χ4n) is 2.44. The van der Waals surface area contributed by atoms with E-state index in [-0.39, 0.29) is 19.2 Å². The first-order valence-corrected chi connectivity index (χ1v) is 6.88. The van der Waals surface area contributed by atoms with Crippen molar-refractivity contribution in [3.05, 3.63) is 17.5 Å². The van der Waals surface area contributed by atoms with Gasteiger partial charge in [-0.1, -0.05) is 0 Å². The molecular weight excluding hydrogens is 276 g/mol. The van der Waals surface area contributed by atoms with E-state index in [1.807, 2.05) is 13.8 Å². The molecular formula is C13H20N4O4. The van der Waals surface area contributed by atoms with Crippen LogP contribution >= 0.6 is 0 Å². The SMILES string of the molecule is CCN(C(=O)NCc1cn[nH]c1C)C1COCC1C(=O)O. The predicted molar refractivity (Wildman–Crippen MR) is 73.7 cm³/mol. The van der Waals surface area contributed by atoms with Gasteiger partial charge in [-0.3, -0.25) is 9.89 Å². The van der Waals surface area contributed by atoms with E-state index in [1.165, 1.54) is 4.90 Å². The third kappa shape index (κ3) is 3.33. The Morgan fingerprint density at radius 2 is 2.33 bits per heavy atom. The van der Waals surface area contributed by atoms with Gasteiger partial charge in [0.05, 0.1) is 25.5 Å². The van der Waals surface area contributed by atoms with Crippen LogP contribution < -0.4 is 5.32 Å². The molecule has 0 bridgehead atoms. The molecule has 0 aliphatic carbocycles. The van der Waals surface area contributed by atoms with E-state index >= 15 is 0 Å². The molecule has 1 saturated heterocycles. The van der Waals surface area contributed by atoms with Crippen LogP contribution in [0.4, 0.5) is 4.79 Å². The molecule has 3 N–H and O–H groups in total. The summed E-state index contributed by atoms with van der Waals surface area (Å²) in [7, 11) is 0. The van der Waals surface area contributed by atoms with Crippen LogP contribution in [-0.2, 0) is 16.1 Å². The summed E-state index contributed by atoms with van der Waals surface area (Å²) in [5, 5.41) is 18.7. The van der Waals surface area contributed by atoms with Crippen LogP contribution in [0.5, 0.6) is 0 Å². The quantitative estimate of drug-likeness (QED) is 0.726. The Labute approximate surface area is 122 Å². The number of nitrogens with one attached hydrogen (secondary N) is 2. The average molecular weight is 296 g/mol. The number of ether oxygens (including phenoxy) is 1. The number of H-pyrrole nitrogens is 1. The van der Waals surface area contributed by atoms with Crippen molar-refractivity contribution in [2.75, 3.05) is 19.8 Å². The van der Waals surface area contributed by atoms with E-state index in [9.17, 15) is 14.7 Å². The van der Waals surface area contributed by atoms with Gasteiger partial charge in [0, 0.05) is 24.3 Å². The first-order valence-electron chi connectivity index (χ1n) is 6.88. The molecule has 0 saturated carbocycles. The Hall–Kier alpha value is -2.09. The molecule has 2 rings (SSSR count). The number of hydrogen-bond acceptors (Lipinski definition) is 4. The number of nitrogens with zero attached hydrogens (tertiary/aromatic N) is 2. The Morgan fingerprint density at radius 1 is 1.57 bits per heavy atom. The van der Waals surface area contributed by atoms with E-state index in [1.54, 1.807) is 6.20 Å². The van der Waals surface area contributed by atoms with E-state index in [0.717, 1.165) is 11.3 Å². The summed E-state index contributed by atoms with van der Waals surface area (Å²) in [4.78, 5) is 25.0.